The second-order valence-corrected chi connectivity index (χ2v) is 5.31. The summed E-state index contributed by atoms with van der Waals surface area (Å²) in [4.78, 5) is 2.45. The van der Waals surface area contributed by atoms with Crippen molar-refractivity contribution in [3.63, 3.8) is 0 Å². The van der Waals surface area contributed by atoms with Gasteiger partial charge in [-0.1, -0.05) is 22.7 Å². The first kappa shape index (κ1) is 11.5. The predicted octanol–water partition coefficient (Wildman–Crippen LogP) is 2.62. The Balaban J connectivity index is 1.55. The van der Waals surface area contributed by atoms with Crippen LogP contribution < -0.4 is 10.2 Å². The number of nitrogens with zero attached hydrogens (tertiary/aromatic N) is 3. The van der Waals surface area contributed by atoms with E-state index in [0.717, 1.165) is 30.9 Å². The quantitative estimate of drug-likeness (QED) is 0.921. The summed E-state index contributed by atoms with van der Waals surface area (Å²) in [6.07, 6.45) is 4.12. The van der Waals surface area contributed by atoms with E-state index in [0.29, 0.717) is 6.04 Å². The van der Waals surface area contributed by atoms with Gasteiger partial charge in [0.15, 0.2) is 0 Å². The zero-order valence-corrected chi connectivity index (χ0v) is 10.9. The Morgan fingerprint density at radius 3 is 2.61 bits per heavy atom. The molecule has 4 nitrogen and oxygen atoms in total. The van der Waals surface area contributed by atoms with Crippen molar-refractivity contribution >= 4 is 22.2 Å². The van der Waals surface area contributed by atoms with E-state index in [9.17, 15) is 0 Å². The van der Waals surface area contributed by atoms with Crippen LogP contribution in [-0.2, 0) is 0 Å². The number of nitrogens with one attached hydrogen (secondary N) is 1. The molecule has 1 N–H and O–H groups in total. The van der Waals surface area contributed by atoms with Crippen molar-refractivity contribution in [3.8, 4) is 0 Å². The zero-order chi connectivity index (χ0) is 12.2. The number of anilines is 2. The van der Waals surface area contributed by atoms with E-state index < -0.39 is 0 Å². The summed E-state index contributed by atoms with van der Waals surface area (Å²) in [6.45, 7) is 2.21. The van der Waals surface area contributed by atoms with Crippen LogP contribution in [0.1, 0.15) is 12.8 Å². The minimum absolute atomic E-state index is 0.548. The fraction of sp³-hybridized carbons (Fsp3) is 0.385. The van der Waals surface area contributed by atoms with E-state index in [1.165, 1.54) is 17.2 Å². The van der Waals surface area contributed by atoms with Crippen molar-refractivity contribution < 1.29 is 0 Å². The Labute approximate surface area is 111 Å². The van der Waals surface area contributed by atoms with Crippen LogP contribution in [0.2, 0.25) is 0 Å². The average Bonchev–Trinajstić information content (AvgIpc) is 2.94. The third-order valence-electron chi connectivity index (χ3n) is 3.32. The van der Waals surface area contributed by atoms with Crippen molar-refractivity contribution in [3.05, 3.63) is 36.5 Å². The molecule has 1 aliphatic heterocycles. The molecule has 1 aromatic carbocycles. The minimum atomic E-state index is 0.548. The number of hydrogen-bond acceptors (Lipinski definition) is 5. The highest BCUT2D eigenvalue weighted by molar-refractivity contribution is 7.09. The predicted molar refractivity (Wildman–Crippen MR) is 75.2 cm³/mol. The lowest BCUT2D eigenvalue weighted by atomic mass is 10.0. The molecule has 3 rings (SSSR count). The Kier molecular flexibility index (Phi) is 3.41. The highest BCUT2D eigenvalue weighted by atomic mass is 32.1. The summed E-state index contributed by atoms with van der Waals surface area (Å²) in [5.74, 6) is 0. The van der Waals surface area contributed by atoms with Gasteiger partial charge in [-0.15, -0.1) is 5.10 Å². The third kappa shape index (κ3) is 2.61. The van der Waals surface area contributed by atoms with Gasteiger partial charge in [0.05, 0.1) is 6.20 Å². The summed E-state index contributed by atoms with van der Waals surface area (Å²) in [6, 6.07) is 11.2. The van der Waals surface area contributed by atoms with E-state index in [4.69, 9.17) is 0 Å². The van der Waals surface area contributed by atoms with E-state index in [1.807, 2.05) is 0 Å². The largest absolute Gasteiger partial charge is 0.371 e. The van der Waals surface area contributed by atoms with Crippen LogP contribution >= 0.6 is 11.5 Å². The molecular weight excluding hydrogens is 244 g/mol. The lowest BCUT2D eigenvalue weighted by molar-refractivity contribution is 0.527. The first-order valence-corrected chi connectivity index (χ1v) is 7.03. The molecule has 0 amide bonds. The topological polar surface area (TPSA) is 41.0 Å². The first-order valence-electron chi connectivity index (χ1n) is 6.26. The molecular formula is C13H16N4S. The molecule has 5 heteroatoms. The van der Waals surface area contributed by atoms with Gasteiger partial charge in [0, 0.05) is 36.4 Å². The summed E-state index contributed by atoms with van der Waals surface area (Å²) in [5, 5.41) is 8.42. The van der Waals surface area contributed by atoms with Crippen LogP contribution in [0.5, 0.6) is 0 Å². The molecule has 0 unspecified atom stereocenters. The van der Waals surface area contributed by atoms with Gasteiger partial charge in [-0.25, -0.2) is 0 Å². The van der Waals surface area contributed by atoms with Gasteiger partial charge in [0.2, 0.25) is 0 Å². The molecule has 1 aliphatic rings. The molecule has 2 aromatic rings. The van der Waals surface area contributed by atoms with Crippen LogP contribution in [-0.4, -0.2) is 28.7 Å². The first-order chi connectivity index (χ1) is 8.92. The number of para-hydroxylation sites is 1. The normalized spacial score (nSPS) is 16.8. The monoisotopic (exact) mass is 260 g/mol. The van der Waals surface area contributed by atoms with Gasteiger partial charge >= 0.3 is 0 Å². The Morgan fingerprint density at radius 1 is 1.17 bits per heavy atom. The van der Waals surface area contributed by atoms with Gasteiger partial charge in [0.1, 0.15) is 5.00 Å². The van der Waals surface area contributed by atoms with Crippen molar-refractivity contribution in [1.82, 2.24) is 9.59 Å². The molecule has 0 spiro atoms. The number of rotatable bonds is 3. The van der Waals surface area contributed by atoms with E-state index in [2.05, 4.69) is 50.1 Å². The molecule has 0 radical (unpaired) electrons. The van der Waals surface area contributed by atoms with Crippen LogP contribution in [0.25, 0.3) is 0 Å². The van der Waals surface area contributed by atoms with Gasteiger partial charge < -0.3 is 10.2 Å². The Bertz CT molecular complexity index is 463. The lowest BCUT2D eigenvalue weighted by Gasteiger charge is -2.34. The lowest BCUT2D eigenvalue weighted by Crippen LogP contribution is -2.38. The van der Waals surface area contributed by atoms with Crippen LogP contribution in [0.15, 0.2) is 36.5 Å². The SMILES string of the molecule is c1ccc(N2CCC(Nc3cnns3)CC2)cc1. The zero-order valence-electron chi connectivity index (χ0n) is 10.1. The van der Waals surface area contributed by atoms with E-state index in [1.54, 1.807) is 6.20 Å². The highest BCUT2D eigenvalue weighted by Gasteiger charge is 2.19. The number of hydrogen-bond donors (Lipinski definition) is 1. The molecule has 2 heterocycles. The standard InChI is InChI=1S/C13H16N4S/c1-2-4-12(5-3-1)17-8-6-11(7-9-17)15-13-10-14-16-18-13/h1-5,10-11,15H,6-9H2. The van der Waals surface area contributed by atoms with Crippen LogP contribution in [0.3, 0.4) is 0 Å². The van der Waals surface area contributed by atoms with Crippen molar-refractivity contribution in [2.75, 3.05) is 23.3 Å². The molecule has 0 atom stereocenters. The molecule has 1 aromatic heterocycles. The third-order valence-corrected chi connectivity index (χ3v) is 3.92. The fourth-order valence-electron chi connectivity index (χ4n) is 2.35. The maximum atomic E-state index is 3.87. The molecule has 1 fully saturated rings. The maximum Gasteiger partial charge on any atom is 0.130 e. The van der Waals surface area contributed by atoms with Gasteiger partial charge in [-0.05, 0) is 25.0 Å². The summed E-state index contributed by atoms with van der Waals surface area (Å²) in [5.41, 5.74) is 1.33. The van der Waals surface area contributed by atoms with Gasteiger partial charge in [0.25, 0.3) is 0 Å². The second kappa shape index (κ2) is 5.35. The average molecular weight is 260 g/mol. The van der Waals surface area contributed by atoms with E-state index >= 15 is 0 Å². The van der Waals surface area contributed by atoms with Crippen LogP contribution in [0.4, 0.5) is 10.7 Å². The number of piperidine rings is 1. The van der Waals surface area contributed by atoms with Gasteiger partial charge in [-0.2, -0.15) is 0 Å². The highest BCUT2D eigenvalue weighted by Crippen LogP contribution is 2.22. The van der Waals surface area contributed by atoms with E-state index in [-0.39, 0.29) is 0 Å². The molecule has 0 aliphatic carbocycles. The second-order valence-electron chi connectivity index (χ2n) is 4.52. The molecule has 1 saturated heterocycles. The van der Waals surface area contributed by atoms with Crippen LogP contribution in [0, 0.1) is 0 Å². The minimum Gasteiger partial charge on any atom is -0.371 e. The molecule has 94 valence electrons. The number of benzene rings is 1. The Morgan fingerprint density at radius 2 is 1.94 bits per heavy atom. The fourth-order valence-corrected chi connectivity index (χ4v) is 2.85. The van der Waals surface area contributed by atoms with Crippen molar-refractivity contribution in [1.29, 1.82) is 0 Å². The molecule has 18 heavy (non-hydrogen) atoms. The molecule has 0 saturated carbocycles. The summed E-state index contributed by atoms with van der Waals surface area (Å²) < 4.78 is 3.87. The van der Waals surface area contributed by atoms with Crippen molar-refractivity contribution in [2.24, 2.45) is 0 Å². The van der Waals surface area contributed by atoms with Gasteiger partial charge in [-0.3, -0.25) is 0 Å². The molecule has 0 bridgehead atoms. The smallest absolute Gasteiger partial charge is 0.130 e. The maximum absolute atomic E-state index is 3.87. The summed E-state index contributed by atoms with van der Waals surface area (Å²) in [7, 11) is 0. The summed E-state index contributed by atoms with van der Waals surface area (Å²) >= 11 is 1.43. The Hall–Kier alpha value is -1.62. The number of aromatic nitrogens is 2. The van der Waals surface area contributed by atoms with Crippen molar-refractivity contribution in [2.45, 2.75) is 18.9 Å².